The van der Waals surface area contributed by atoms with E-state index < -0.39 is 7.12 Å². The fourth-order valence-electron chi connectivity index (χ4n) is 1.53. The highest BCUT2D eigenvalue weighted by Crippen LogP contribution is 2.12. The van der Waals surface area contributed by atoms with Crippen molar-refractivity contribution in [2.24, 2.45) is 0 Å². The normalized spacial score (nSPS) is 9.87. The van der Waals surface area contributed by atoms with Crippen molar-refractivity contribution in [3.63, 3.8) is 0 Å². The molecule has 0 aliphatic rings. The maximum absolute atomic E-state index is 9.31. The van der Waals surface area contributed by atoms with Gasteiger partial charge in [0.05, 0.1) is 0 Å². The molecule has 0 radical (unpaired) electrons. The summed E-state index contributed by atoms with van der Waals surface area (Å²) in [6, 6.07) is 5.54. The zero-order valence-electron chi connectivity index (χ0n) is 9.12. The van der Waals surface area contributed by atoms with E-state index >= 15 is 0 Å². The largest absolute Gasteiger partial charge is 0.492 e. The molecule has 0 unspecified atom stereocenters. The highest BCUT2D eigenvalue weighted by molar-refractivity contribution is 6.62. The first kappa shape index (κ1) is 11.9. The van der Waals surface area contributed by atoms with Gasteiger partial charge in [-0.3, -0.25) is 0 Å². The maximum Gasteiger partial charge on any atom is 0.492 e. The molecule has 0 saturated heterocycles. The Hall–Kier alpha value is -1.20. The van der Waals surface area contributed by atoms with Crippen molar-refractivity contribution in [1.82, 2.24) is 0 Å². The van der Waals surface area contributed by atoms with Gasteiger partial charge in [0.15, 0.2) is 0 Å². The van der Waals surface area contributed by atoms with Crippen molar-refractivity contribution < 1.29 is 10.0 Å². The third-order valence-electron chi connectivity index (χ3n) is 2.10. The van der Waals surface area contributed by atoms with Gasteiger partial charge in [0, 0.05) is 29.9 Å². The molecular weight excluding hydrogens is 191 g/mol. The van der Waals surface area contributed by atoms with Crippen LogP contribution in [0, 0.1) is 0 Å². The molecule has 5 heteroatoms. The average molecular weight is 208 g/mol. The number of anilines is 2. The number of rotatable bonds is 5. The van der Waals surface area contributed by atoms with E-state index in [0.717, 1.165) is 24.5 Å². The van der Waals surface area contributed by atoms with Crippen LogP contribution in [-0.4, -0.2) is 30.3 Å². The summed E-state index contributed by atoms with van der Waals surface area (Å²) in [5, 5.41) is 24.8. The lowest BCUT2D eigenvalue weighted by Gasteiger charge is -2.15. The van der Waals surface area contributed by atoms with Gasteiger partial charge in [0.1, 0.15) is 0 Å². The van der Waals surface area contributed by atoms with E-state index in [-0.39, 0.29) is 0 Å². The van der Waals surface area contributed by atoms with Crippen molar-refractivity contribution in [2.75, 3.05) is 23.7 Å². The second kappa shape index (κ2) is 5.63. The summed E-state index contributed by atoms with van der Waals surface area (Å²) < 4.78 is 0. The van der Waals surface area contributed by atoms with Crippen molar-refractivity contribution >= 4 is 24.0 Å². The van der Waals surface area contributed by atoms with Crippen molar-refractivity contribution in [3.05, 3.63) is 18.2 Å². The summed E-state index contributed by atoms with van der Waals surface area (Å²) in [6.07, 6.45) is 0. The highest BCUT2D eigenvalue weighted by atomic mass is 16.4. The lowest BCUT2D eigenvalue weighted by molar-refractivity contribution is 0.426. The summed E-state index contributed by atoms with van der Waals surface area (Å²) in [5.41, 5.74) is 2.01. The lowest BCUT2D eigenvalue weighted by Crippen LogP contribution is -2.35. The Morgan fingerprint density at radius 2 is 1.53 bits per heavy atom. The molecule has 1 aromatic carbocycles. The van der Waals surface area contributed by atoms with Gasteiger partial charge in [-0.05, 0) is 26.0 Å². The monoisotopic (exact) mass is 208 g/mol. The Bertz CT molecular complexity index is 294. The Balaban J connectivity index is 3.09. The average Bonchev–Trinajstić information content (AvgIpc) is 2.18. The van der Waals surface area contributed by atoms with Gasteiger partial charge in [0.2, 0.25) is 0 Å². The van der Waals surface area contributed by atoms with E-state index in [0.29, 0.717) is 5.46 Å². The van der Waals surface area contributed by atoms with Gasteiger partial charge in [-0.15, -0.1) is 0 Å². The molecule has 0 aromatic heterocycles. The van der Waals surface area contributed by atoms with E-state index in [9.17, 15) is 10.0 Å². The first-order valence-corrected chi connectivity index (χ1v) is 5.17. The minimum Gasteiger partial charge on any atom is -0.423 e. The fourth-order valence-corrected chi connectivity index (χ4v) is 1.53. The molecule has 0 bridgehead atoms. The third-order valence-corrected chi connectivity index (χ3v) is 2.10. The predicted molar refractivity (Wildman–Crippen MR) is 64.6 cm³/mol. The summed E-state index contributed by atoms with van der Waals surface area (Å²) in [5.74, 6) is 0. The van der Waals surface area contributed by atoms with Gasteiger partial charge in [-0.1, -0.05) is 6.07 Å². The first-order valence-electron chi connectivity index (χ1n) is 5.17. The van der Waals surface area contributed by atoms with Crippen molar-refractivity contribution in [2.45, 2.75) is 13.8 Å². The molecule has 15 heavy (non-hydrogen) atoms. The molecule has 0 spiro atoms. The molecular formula is C10H17BN2O2. The van der Waals surface area contributed by atoms with Crippen molar-refractivity contribution in [1.29, 1.82) is 0 Å². The molecule has 0 atom stereocenters. The Morgan fingerprint density at radius 1 is 1.07 bits per heavy atom. The van der Waals surface area contributed by atoms with Crippen molar-refractivity contribution in [3.8, 4) is 0 Å². The van der Waals surface area contributed by atoms with Crippen LogP contribution in [-0.2, 0) is 0 Å². The molecule has 0 fully saturated rings. The smallest absolute Gasteiger partial charge is 0.423 e. The Labute approximate surface area is 90.5 Å². The third kappa shape index (κ3) is 2.87. The summed E-state index contributed by atoms with van der Waals surface area (Å²) in [7, 11) is -1.46. The molecule has 0 aliphatic heterocycles. The number of hydrogen-bond donors (Lipinski definition) is 4. The van der Waals surface area contributed by atoms with Crippen LogP contribution in [0.3, 0.4) is 0 Å². The van der Waals surface area contributed by atoms with E-state index in [1.807, 2.05) is 32.0 Å². The Morgan fingerprint density at radius 3 is 1.87 bits per heavy atom. The summed E-state index contributed by atoms with van der Waals surface area (Å²) >= 11 is 0. The van der Waals surface area contributed by atoms with Gasteiger partial charge in [0.25, 0.3) is 0 Å². The quantitative estimate of drug-likeness (QED) is 0.523. The summed E-state index contributed by atoms with van der Waals surface area (Å²) in [6.45, 7) is 5.42. The molecule has 4 nitrogen and oxygen atoms in total. The first-order chi connectivity index (χ1) is 7.20. The van der Waals surface area contributed by atoms with Gasteiger partial charge < -0.3 is 20.7 Å². The van der Waals surface area contributed by atoms with Crippen LogP contribution in [0.5, 0.6) is 0 Å². The summed E-state index contributed by atoms with van der Waals surface area (Å²) in [4.78, 5) is 0. The lowest BCUT2D eigenvalue weighted by atomic mass is 9.77. The number of hydrogen-bond acceptors (Lipinski definition) is 4. The minimum atomic E-state index is -1.46. The van der Waals surface area contributed by atoms with E-state index in [1.165, 1.54) is 0 Å². The molecule has 1 aromatic rings. The van der Waals surface area contributed by atoms with Crippen LogP contribution in [0.15, 0.2) is 18.2 Å². The standard InChI is InChI=1S/C10H17BN2O2/c1-3-12-8-6-5-7-9(13-4-2)10(8)11(14)15/h5-7,12-15H,3-4H2,1-2H3. The Kier molecular flexibility index (Phi) is 4.46. The van der Waals surface area contributed by atoms with E-state index in [2.05, 4.69) is 10.6 Å². The molecule has 82 valence electrons. The predicted octanol–water partition coefficient (Wildman–Crippen LogP) is 0.230. The van der Waals surface area contributed by atoms with Gasteiger partial charge >= 0.3 is 7.12 Å². The van der Waals surface area contributed by atoms with Crippen LogP contribution in [0.4, 0.5) is 11.4 Å². The second-order valence-corrected chi connectivity index (χ2v) is 3.20. The van der Waals surface area contributed by atoms with E-state index in [1.54, 1.807) is 0 Å². The molecule has 0 aliphatic carbocycles. The topological polar surface area (TPSA) is 64.5 Å². The van der Waals surface area contributed by atoms with Crippen LogP contribution < -0.4 is 16.1 Å². The fraction of sp³-hybridized carbons (Fsp3) is 0.400. The van der Waals surface area contributed by atoms with Crippen LogP contribution in [0.25, 0.3) is 0 Å². The second-order valence-electron chi connectivity index (χ2n) is 3.20. The minimum absolute atomic E-state index is 0.501. The SMILES string of the molecule is CCNc1cccc(NCC)c1B(O)O. The molecule has 0 amide bonds. The van der Waals surface area contributed by atoms with Crippen LogP contribution >= 0.6 is 0 Å². The zero-order chi connectivity index (χ0) is 11.3. The highest BCUT2D eigenvalue weighted by Gasteiger charge is 2.19. The van der Waals surface area contributed by atoms with Gasteiger partial charge in [-0.2, -0.15) is 0 Å². The molecule has 4 N–H and O–H groups in total. The van der Waals surface area contributed by atoms with Crippen LogP contribution in [0.2, 0.25) is 0 Å². The molecule has 0 heterocycles. The number of benzene rings is 1. The van der Waals surface area contributed by atoms with Crippen LogP contribution in [0.1, 0.15) is 13.8 Å². The molecule has 0 saturated carbocycles. The number of nitrogens with one attached hydrogen (secondary N) is 2. The van der Waals surface area contributed by atoms with Gasteiger partial charge in [-0.25, -0.2) is 0 Å². The maximum atomic E-state index is 9.31. The molecule has 1 rings (SSSR count). The van der Waals surface area contributed by atoms with E-state index in [4.69, 9.17) is 0 Å². The zero-order valence-corrected chi connectivity index (χ0v) is 9.12.